The van der Waals surface area contributed by atoms with E-state index in [-0.39, 0.29) is 24.1 Å². The van der Waals surface area contributed by atoms with Crippen molar-refractivity contribution in [3.8, 4) is 5.75 Å². The topological polar surface area (TPSA) is 75.9 Å². The molecule has 154 valence electrons. The molecule has 1 aliphatic heterocycles. The van der Waals surface area contributed by atoms with Gasteiger partial charge in [0.15, 0.2) is 12.4 Å². The molecule has 0 aromatic heterocycles. The summed E-state index contributed by atoms with van der Waals surface area (Å²) in [6, 6.07) is 11.7. The fourth-order valence-electron chi connectivity index (χ4n) is 3.28. The van der Waals surface area contributed by atoms with Crippen LogP contribution in [0.1, 0.15) is 35.2 Å². The third kappa shape index (κ3) is 5.62. The van der Waals surface area contributed by atoms with Crippen molar-refractivity contribution in [1.29, 1.82) is 0 Å². The summed E-state index contributed by atoms with van der Waals surface area (Å²) in [6.45, 7) is 1.61. The predicted molar refractivity (Wildman–Crippen MR) is 109 cm³/mol. The molecular formula is C22H26FN3O3. The minimum absolute atomic E-state index is 0.0154. The van der Waals surface area contributed by atoms with Gasteiger partial charge in [-0.05, 0) is 68.8 Å². The molecule has 0 saturated heterocycles. The van der Waals surface area contributed by atoms with Crippen LogP contribution in [-0.2, 0) is 11.2 Å². The lowest BCUT2D eigenvalue weighted by molar-refractivity contribution is -0.121. The van der Waals surface area contributed by atoms with Crippen molar-refractivity contribution in [2.45, 2.75) is 25.7 Å². The summed E-state index contributed by atoms with van der Waals surface area (Å²) in [4.78, 5) is 26.3. The highest BCUT2D eigenvalue weighted by molar-refractivity contribution is 6.01. The summed E-state index contributed by atoms with van der Waals surface area (Å²) in [7, 11) is 2.03. The van der Waals surface area contributed by atoms with Gasteiger partial charge in [-0.1, -0.05) is 12.1 Å². The summed E-state index contributed by atoms with van der Waals surface area (Å²) in [6.07, 6.45) is 2.87. The number of ketones is 1. The number of hydrogen-bond acceptors (Lipinski definition) is 5. The van der Waals surface area contributed by atoms with E-state index in [1.807, 2.05) is 13.1 Å². The van der Waals surface area contributed by atoms with E-state index in [2.05, 4.69) is 4.90 Å². The van der Waals surface area contributed by atoms with Gasteiger partial charge in [-0.2, -0.15) is 0 Å². The SMILES string of the molecule is CN(CCCCC(=O)c1ccc2c(c1)N(N)C(=O)CO2)CCc1cccc(F)c1. The maximum atomic E-state index is 13.2. The molecule has 6 nitrogen and oxygen atoms in total. The number of carbonyl (C=O) groups excluding carboxylic acids is 2. The number of amides is 1. The maximum absolute atomic E-state index is 13.2. The van der Waals surface area contributed by atoms with Crippen LogP contribution in [0.25, 0.3) is 0 Å². The molecular weight excluding hydrogens is 373 g/mol. The number of ether oxygens (including phenoxy) is 1. The molecule has 7 heteroatoms. The summed E-state index contributed by atoms with van der Waals surface area (Å²) < 4.78 is 18.5. The van der Waals surface area contributed by atoms with Crippen LogP contribution in [0.5, 0.6) is 5.75 Å². The first-order chi connectivity index (χ1) is 13.9. The quantitative estimate of drug-likeness (QED) is 0.304. The van der Waals surface area contributed by atoms with Gasteiger partial charge in [-0.15, -0.1) is 0 Å². The van der Waals surface area contributed by atoms with E-state index >= 15 is 0 Å². The van der Waals surface area contributed by atoms with Gasteiger partial charge in [0.1, 0.15) is 17.3 Å². The number of rotatable bonds is 9. The Labute approximate surface area is 170 Å². The predicted octanol–water partition coefficient (Wildman–Crippen LogP) is 2.95. The molecule has 2 aromatic carbocycles. The van der Waals surface area contributed by atoms with Gasteiger partial charge < -0.3 is 9.64 Å². The molecule has 0 radical (unpaired) electrons. The molecule has 1 aliphatic rings. The molecule has 1 heterocycles. The summed E-state index contributed by atoms with van der Waals surface area (Å²) in [5.41, 5.74) is 1.93. The highest BCUT2D eigenvalue weighted by Gasteiger charge is 2.24. The number of carbonyl (C=O) groups is 2. The van der Waals surface area contributed by atoms with Gasteiger partial charge in [0, 0.05) is 18.5 Å². The number of halogens is 1. The van der Waals surface area contributed by atoms with E-state index in [0.29, 0.717) is 23.4 Å². The number of likely N-dealkylation sites (N-methyl/N-ethyl adjacent to an activating group) is 1. The molecule has 0 bridgehead atoms. The Morgan fingerprint density at radius 3 is 2.83 bits per heavy atom. The average Bonchev–Trinajstić information content (AvgIpc) is 2.72. The molecule has 0 saturated carbocycles. The van der Waals surface area contributed by atoms with E-state index in [4.69, 9.17) is 10.6 Å². The number of hydrazine groups is 1. The van der Waals surface area contributed by atoms with Crippen LogP contribution in [0.3, 0.4) is 0 Å². The van der Waals surface area contributed by atoms with Gasteiger partial charge in [0.25, 0.3) is 5.91 Å². The molecule has 0 fully saturated rings. The van der Waals surface area contributed by atoms with E-state index in [9.17, 15) is 14.0 Å². The molecule has 2 N–H and O–H groups in total. The molecule has 0 spiro atoms. The van der Waals surface area contributed by atoms with E-state index in [1.54, 1.807) is 30.3 Å². The zero-order valence-electron chi connectivity index (χ0n) is 16.6. The van der Waals surface area contributed by atoms with E-state index in [1.165, 1.54) is 6.07 Å². The van der Waals surface area contributed by atoms with Crippen molar-refractivity contribution in [1.82, 2.24) is 4.90 Å². The third-order valence-electron chi connectivity index (χ3n) is 5.03. The first-order valence-electron chi connectivity index (χ1n) is 9.75. The van der Waals surface area contributed by atoms with Crippen LogP contribution < -0.4 is 15.6 Å². The Kier molecular flexibility index (Phi) is 6.95. The van der Waals surface area contributed by atoms with E-state index < -0.39 is 0 Å². The number of nitrogens with two attached hydrogens (primary N) is 1. The number of benzene rings is 2. The maximum Gasteiger partial charge on any atom is 0.279 e. The number of hydrogen-bond donors (Lipinski definition) is 1. The Morgan fingerprint density at radius 2 is 2.03 bits per heavy atom. The smallest absolute Gasteiger partial charge is 0.279 e. The Hall–Kier alpha value is -2.77. The summed E-state index contributed by atoms with van der Waals surface area (Å²) >= 11 is 0. The summed E-state index contributed by atoms with van der Waals surface area (Å²) in [5.74, 6) is 5.72. The number of fused-ring (bicyclic) bond motifs is 1. The standard InChI is InChI=1S/C22H26FN3O3/c1-25(12-10-16-5-4-6-18(23)13-16)11-3-2-7-20(27)17-8-9-21-19(14-17)26(24)22(28)15-29-21/h4-6,8-9,13-14H,2-3,7,10-12,15,24H2,1H3. The van der Waals surface area contributed by atoms with Crippen molar-refractivity contribution in [2.75, 3.05) is 31.8 Å². The van der Waals surface area contributed by atoms with Gasteiger partial charge >= 0.3 is 0 Å². The Balaban J connectivity index is 1.41. The van der Waals surface area contributed by atoms with Crippen LogP contribution >= 0.6 is 0 Å². The van der Waals surface area contributed by atoms with Crippen LogP contribution in [0.2, 0.25) is 0 Å². The number of nitrogens with zero attached hydrogens (tertiary/aromatic N) is 2. The largest absolute Gasteiger partial charge is 0.481 e. The molecule has 1 amide bonds. The van der Waals surface area contributed by atoms with Gasteiger partial charge in [-0.3, -0.25) is 9.59 Å². The molecule has 29 heavy (non-hydrogen) atoms. The number of Topliss-reactive ketones (excluding diaryl/α,β-unsaturated/α-hetero) is 1. The molecule has 3 rings (SSSR count). The van der Waals surface area contributed by atoms with Crippen LogP contribution in [0.4, 0.5) is 10.1 Å². The van der Waals surface area contributed by atoms with Crippen molar-refractivity contribution in [3.05, 3.63) is 59.4 Å². The van der Waals surface area contributed by atoms with Crippen LogP contribution in [0.15, 0.2) is 42.5 Å². The van der Waals surface area contributed by atoms with Crippen LogP contribution in [0, 0.1) is 5.82 Å². The van der Waals surface area contributed by atoms with Crippen molar-refractivity contribution >= 4 is 17.4 Å². The Bertz CT molecular complexity index is 887. The molecule has 0 aliphatic carbocycles. The highest BCUT2D eigenvalue weighted by atomic mass is 19.1. The van der Waals surface area contributed by atoms with Crippen molar-refractivity contribution < 1.29 is 18.7 Å². The third-order valence-corrected chi connectivity index (χ3v) is 5.03. The average molecular weight is 399 g/mol. The second-order valence-electron chi connectivity index (χ2n) is 7.30. The monoisotopic (exact) mass is 399 g/mol. The molecule has 2 aromatic rings. The number of anilines is 1. The second kappa shape index (κ2) is 9.62. The fourth-order valence-corrected chi connectivity index (χ4v) is 3.28. The molecule has 0 unspecified atom stereocenters. The number of unbranched alkanes of at least 4 members (excludes halogenated alkanes) is 1. The lowest BCUT2D eigenvalue weighted by Crippen LogP contribution is -2.43. The normalized spacial score (nSPS) is 13.4. The zero-order chi connectivity index (χ0) is 20.8. The second-order valence-corrected chi connectivity index (χ2v) is 7.30. The van der Waals surface area contributed by atoms with Gasteiger partial charge in [-0.25, -0.2) is 15.2 Å². The van der Waals surface area contributed by atoms with Gasteiger partial charge in [0.2, 0.25) is 0 Å². The zero-order valence-corrected chi connectivity index (χ0v) is 16.6. The minimum Gasteiger partial charge on any atom is -0.481 e. The first kappa shape index (κ1) is 21.0. The van der Waals surface area contributed by atoms with Crippen LogP contribution in [-0.4, -0.2) is 43.3 Å². The fraction of sp³-hybridized carbons (Fsp3) is 0.364. The molecule has 0 atom stereocenters. The highest BCUT2D eigenvalue weighted by Crippen LogP contribution is 2.31. The summed E-state index contributed by atoms with van der Waals surface area (Å²) in [5, 5.41) is 1.03. The van der Waals surface area contributed by atoms with Crippen molar-refractivity contribution in [3.63, 3.8) is 0 Å². The van der Waals surface area contributed by atoms with Crippen molar-refractivity contribution in [2.24, 2.45) is 5.84 Å². The lowest BCUT2D eigenvalue weighted by atomic mass is 10.0. The van der Waals surface area contributed by atoms with E-state index in [0.717, 1.165) is 42.9 Å². The van der Waals surface area contributed by atoms with Gasteiger partial charge in [0.05, 0.1) is 0 Å². The lowest BCUT2D eigenvalue weighted by Gasteiger charge is -2.25. The minimum atomic E-state index is -0.344. The Morgan fingerprint density at radius 1 is 1.21 bits per heavy atom. The first-order valence-corrected chi connectivity index (χ1v) is 9.75.